The van der Waals surface area contributed by atoms with E-state index in [1.807, 2.05) is 0 Å². The van der Waals surface area contributed by atoms with Gasteiger partial charge in [0.1, 0.15) is 5.55 Å². The van der Waals surface area contributed by atoms with Crippen LogP contribution < -0.4 is 0 Å². The molecule has 0 unspecified atom stereocenters. The average Bonchev–Trinajstić information content (AvgIpc) is 1.76. The second kappa shape index (κ2) is 4.55. The third-order valence-corrected chi connectivity index (χ3v) is 1.08. The summed E-state index contributed by atoms with van der Waals surface area (Å²) in [7, 11) is 0. The van der Waals surface area contributed by atoms with Gasteiger partial charge in [-0.25, -0.2) is 0 Å². The zero-order valence-electron chi connectivity index (χ0n) is 3.27. The zero-order valence-corrected chi connectivity index (χ0v) is 7.23. The molecule has 1 heterocycles. The normalized spacial score (nSPS) is 17.3. The van der Waals surface area contributed by atoms with E-state index in [2.05, 4.69) is 10.5 Å². The molecule has 0 saturated heterocycles. The van der Waals surface area contributed by atoms with Crippen LogP contribution >= 0.6 is 11.8 Å². The first-order valence-corrected chi connectivity index (χ1v) is 2.52. The Morgan fingerprint density at radius 2 is 2.50 bits per heavy atom. The molecule has 3 heteroatoms. The molecule has 1 aliphatic rings. The summed E-state index contributed by atoms with van der Waals surface area (Å²) in [6, 6.07) is 0. The van der Waals surface area contributed by atoms with E-state index in [1.165, 1.54) is 0 Å². The quantitative estimate of drug-likeness (QED) is 0.590. The summed E-state index contributed by atoms with van der Waals surface area (Å²) < 4.78 is 0. The van der Waals surface area contributed by atoms with Crippen LogP contribution in [0.1, 0.15) is 0 Å². The summed E-state index contributed by atoms with van der Waals surface area (Å²) in [6.45, 7) is 0.977. The molecule has 0 amide bonds. The van der Waals surface area contributed by atoms with Gasteiger partial charge >= 0.3 is 0 Å². The molecule has 1 aliphatic heterocycles. The van der Waals surface area contributed by atoms with Crippen LogP contribution in [0.3, 0.4) is 0 Å². The molecule has 31 valence electrons. The Hall–Kier alpha value is 1.40. The fourth-order valence-corrected chi connectivity index (χ4v) is 0.685. The molecule has 1 radical (unpaired) electrons. The maximum Gasteiger partial charge on any atom is 0.122 e. The van der Waals surface area contributed by atoms with Gasteiger partial charge in [0, 0.05) is 54.0 Å². The van der Waals surface area contributed by atoms with Gasteiger partial charge in [0.25, 0.3) is 0 Å². The number of rotatable bonds is 0. The van der Waals surface area contributed by atoms with Crippen molar-refractivity contribution in [3.8, 4) is 0 Å². The van der Waals surface area contributed by atoms with E-state index >= 15 is 0 Å². The van der Waals surface area contributed by atoms with E-state index in [4.69, 9.17) is 0 Å². The van der Waals surface area contributed by atoms with Gasteiger partial charge < -0.3 is 0 Å². The number of thioether (sulfide) groups is 1. The molecule has 0 atom stereocenters. The Morgan fingerprint density at radius 3 is 2.67 bits per heavy atom. The largest absolute Gasteiger partial charge is 0.275 e. The van der Waals surface area contributed by atoms with E-state index in [1.54, 1.807) is 11.8 Å². The first kappa shape index (κ1) is 7.40. The van der Waals surface area contributed by atoms with Gasteiger partial charge in [0.15, 0.2) is 0 Å². The van der Waals surface area contributed by atoms with Gasteiger partial charge in [0.05, 0.1) is 0 Å². The average molecular weight is 226 g/mol. The number of aliphatic imine (C=N–C) groups is 1. The first-order valence-electron chi connectivity index (χ1n) is 1.53. The summed E-state index contributed by atoms with van der Waals surface area (Å²) in [5.74, 6) is 1.14. The van der Waals surface area contributed by atoms with Crippen LogP contribution in [0.5, 0.6) is 0 Å². The number of hydrogen-bond acceptors (Lipinski definition) is 2. The summed E-state index contributed by atoms with van der Waals surface area (Å²) in [5, 5.41) is 0. The zero-order chi connectivity index (χ0) is 3.54. The Morgan fingerprint density at radius 1 is 1.67 bits per heavy atom. The van der Waals surface area contributed by atoms with Gasteiger partial charge in [0.2, 0.25) is 0 Å². The van der Waals surface area contributed by atoms with Crippen molar-refractivity contribution >= 4 is 17.3 Å². The smallest absolute Gasteiger partial charge is 0.122 e. The third kappa shape index (κ3) is 2.55. The molecule has 1 rings (SSSR count). The fourth-order valence-electron chi connectivity index (χ4n) is 0.228. The Balaban J connectivity index is 0.000000250. The van der Waals surface area contributed by atoms with Crippen LogP contribution in [0, 0.1) is 41.7 Å². The van der Waals surface area contributed by atoms with Crippen LogP contribution in [0.2, 0.25) is 0 Å². The molecular formula is C3H4CeNS. The Kier molecular flexibility index (Phi) is 5.61. The van der Waals surface area contributed by atoms with Crippen molar-refractivity contribution in [3.05, 3.63) is 0 Å². The van der Waals surface area contributed by atoms with Crippen molar-refractivity contribution in [2.24, 2.45) is 4.99 Å². The van der Waals surface area contributed by atoms with Gasteiger partial charge in [-0.1, -0.05) is 0 Å². The van der Waals surface area contributed by atoms with Crippen LogP contribution in [-0.4, -0.2) is 17.8 Å². The minimum Gasteiger partial charge on any atom is -0.275 e. The van der Waals surface area contributed by atoms with Crippen LogP contribution in [0.4, 0.5) is 0 Å². The van der Waals surface area contributed by atoms with E-state index < -0.39 is 0 Å². The molecule has 1 nitrogen and oxygen atoms in total. The molecule has 0 aromatic heterocycles. The molecule has 0 aromatic rings. The Bertz CT molecular complexity index is 48.8. The van der Waals surface area contributed by atoms with Crippen LogP contribution in [0.25, 0.3) is 0 Å². The first-order chi connectivity index (χ1) is 2.50. The van der Waals surface area contributed by atoms with E-state index in [9.17, 15) is 0 Å². The molecular weight excluding hydrogens is 222 g/mol. The molecule has 0 aliphatic carbocycles. The standard InChI is InChI=1S/C3H4NS.Ce/c1-2-5-3-4-1;/h1-2H2;. The molecule has 0 fully saturated rings. The van der Waals surface area contributed by atoms with Crippen molar-refractivity contribution in [3.63, 3.8) is 0 Å². The van der Waals surface area contributed by atoms with E-state index in [0.717, 1.165) is 12.3 Å². The van der Waals surface area contributed by atoms with Gasteiger partial charge in [-0.2, -0.15) is 0 Å². The minimum absolute atomic E-state index is 0. The fraction of sp³-hybridized carbons (Fsp3) is 0.667. The van der Waals surface area contributed by atoms with Crippen molar-refractivity contribution in [1.82, 2.24) is 0 Å². The topological polar surface area (TPSA) is 12.4 Å². The van der Waals surface area contributed by atoms with Gasteiger partial charge in [-0.3, -0.25) is 4.99 Å². The number of nitrogens with zero attached hydrogens (tertiary/aromatic N) is 1. The third-order valence-electron chi connectivity index (χ3n) is 0.434. The van der Waals surface area contributed by atoms with Crippen molar-refractivity contribution in [1.29, 1.82) is 0 Å². The molecule has 6 heavy (non-hydrogen) atoms. The minimum atomic E-state index is 0. The second-order valence-electron chi connectivity index (χ2n) is 0.821. The predicted molar refractivity (Wildman–Crippen MR) is 24.8 cm³/mol. The Labute approximate surface area is 75.4 Å². The molecule has 0 N–H and O–H groups in total. The van der Waals surface area contributed by atoms with Gasteiger partial charge in [-0.15, -0.1) is 11.8 Å². The summed E-state index contributed by atoms with van der Waals surface area (Å²) in [5.41, 5.74) is 2.76. The molecule has 0 saturated carbocycles. The monoisotopic (exact) mass is 226 g/mol. The maximum atomic E-state index is 3.80. The summed E-state index contributed by atoms with van der Waals surface area (Å²) >= 11 is 1.66. The SMILES string of the molecule is [C]1=NCCS1.[Ce]. The summed E-state index contributed by atoms with van der Waals surface area (Å²) in [4.78, 5) is 3.80. The molecule has 0 spiro atoms. The second-order valence-corrected chi connectivity index (χ2v) is 1.70. The number of hydrogen-bond donors (Lipinski definition) is 0. The van der Waals surface area contributed by atoms with E-state index in [-0.39, 0.29) is 41.7 Å². The van der Waals surface area contributed by atoms with Crippen LogP contribution in [-0.2, 0) is 0 Å². The van der Waals surface area contributed by atoms with Crippen molar-refractivity contribution in [2.75, 3.05) is 12.3 Å². The van der Waals surface area contributed by atoms with E-state index in [0.29, 0.717) is 0 Å². The van der Waals surface area contributed by atoms with Crippen molar-refractivity contribution < 1.29 is 41.7 Å². The molecule has 0 bridgehead atoms. The predicted octanol–water partition coefficient (Wildman–Crippen LogP) is 0.639. The van der Waals surface area contributed by atoms with Crippen LogP contribution in [0.15, 0.2) is 4.99 Å². The molecule has 0 aromatic carbocycles. The maximum absolute atomic E-state index is 3.80. The summed E-state index contributed by atoms with van der Waals surface area (Å²) in [6.07, 6.45) is 0. The van der Waals surface area contributed by atoms with Crippen molar-refractivity contribution in [2.45, 2.75) is 0 Å². The van der Waals surface area contributed by atoms with Gasteiger partial charge in [-0.05, 0) is 0 Å².